The third kappa shape index (κ3) is 2.89. The second-order valence-corrected chi connectivity index (χ2v) is 5.03. The number of methoxy groups -OCH3 is 1. The highest BCUT2D eigenvalue weighted by molar-refractivity contribution is 5.74. The number of nitrogens with zero attached hydrogens (tertiary/aromatic N) is 1. The lowest BCUT2D eigenvalue weighted by Crippen LogP contribution is -2.37. The van der Waals surface area contributed by atoms with E-state index in [1.807, 2.05) is 17.0 Å². The molecule has 1 aromatic carbocycles. The van der Waals surface area contributed by atoms with Gasteiger partial charge in [-0.1, -0.05) is 12.1 Å². The number of ether oxygens (including phenoxy) is 1. The van der Waals surface area contributed by atoms with E-state index in [1.165, 1.54) is 5.56 Å². The number of nitrogens with two attached hydrogens (primary N) is 1. The van der Waals surface area contributed by atoms with Crippen LogP contribution in [0.25, 0.3) is 0 Å². The summed E-state index contributed by atoms with van der Waals surface area (Å²) in [5, 5.41) is 0. The first-order valence-electron chi connectivity index (χ1n) is 6.78. The van der Waals surface area contributed by atoms with Crippen molar-refractivity contribution in [2.75, 3.05) is 20.2 Å². The number of benzene rings is 1. The Kier molecular flexibility index (Phi) is 4.43. The van der Waals surface area contributed by atoms with E-state index in [0.29, 0.717) is 12.5 Å². The van der Waals surface area contributed by atoms with E-state index in [2.05, 4.69) is 12.1 Å². The molecule has 2 atom stereocenters. The van der Waals surface area contributed by atoms with Crippen LogP contribution < -0.4 is 10.5 Å². The first-order valence-corrected chi connectivity index (χ1v) is 6.78. The molecule has 19 heavy (non-hydrogen) atoms. The second-order valence-electron chi connectivity index (χ2n) is 5.03. The summed E-state index contributed by atoms with van der Waals surface area (Å²) >= 11 is 0. The summed E-state index contributed by atoms with van der Waals surface area (Å²) in [6, 6.07) is 8.34. The number of amides is 1. The van der Waals surface area contributed by atoms with Crippen LogP contribution in [0, 0.1) is 0 Å². The molecule has 1 saturated heterocycles. The predicted molar refractivity (Wildman–Crippen MR) is 75.2 cm³/mol. The minimum atomic E-state index is 0.142. The number of carbonyl (C=O) groups is 1. The molecule has 0 bridgehead atoms. The van der Waals surface area contributed by atoms with Crippen LogP contribution in [0.1, 0.15) is 31.2 Å². The summed E-state index contributed by atoms with van der Waals surface area (Å²) < 4.78 is 5.28. The van der Waals surface area contributed by atoms with Crippen LogP contribution in [0.4, 0.5) is 0 Å². The smallest absolute Gasteiger partial charge is 0.219 e. The summed E-state index contributed by atoms with van der Waals surface area (Å²) in [4.78, 5) is 13.6. The van der Waals surface area contributed by atoms with Crippen molar-refractivity contribution in [3.8, 4) is 5.75 Å². The van der Waals surface area contributed by atoms with Crippen LogP contribution in [-0.4, -0.2) is 37.0 Å². The maximum atomic E-state index is 11.7. The van der Waals surface area contributed by atoms with Gasteiger partial charge < -0.3 is 15.4 Å². The molecule has 2 unspecified atom stereocenters. The molecule has 0 radical (unpaired) electrons. The Labute approximate surface area is 114 Å². The largest absolute Gasteiger partial charge is 0.497 e. The highest BCUT2D eigenvalue weighted by Gasteiger charge is 2.35. The number of hydrogen-bond acceptors (Lipinski definition) is 3. The minimum Gasteiger partial charge on any atom is -0.497 e. The van der Waals surface area contributed by atoms with E-state index in [9.17, 15) is 4.79 Å². The Balaban J connectivity index is 2.24. The number of rotatable bonds is 4. The van der Waals surface area contributed by atoms with Gasteiger partial charge in [0.1, 0.15) is 5.75 Å². The van der Waals surface area contributed by atoms with Crippen molar-refractivity contribution in [1.82, 2.24) is 4.90 Å². The summed E-state index contributed by atoms with van der Waals surface area (Å²) in [5.74, 6) is 1.37. The molecule has 0 aliphatic carbocycles. The van der Waals surface area contributed by atoms with Crippen LogP contribution >= 0.6 is 0 Å². The second kappa shape index (κ2) is 6.06. The zero-order valence-electron chi connectivity index (χ0n) is 11.6. The maximum absolute atomic E-state index is 11.7. The zero-order valence-corrected chi connectivity index (χ0v) is 11.6. The first kappa shape index (κ1) is 13.9. The van der Waals surface area contributed by atoms with E-state index >= 15 is 0 Å². The molecule has 0 saturated carbocycles. The van der Waals surface area contributed by atoms with Gasteiger partial charge in [0.05, 0.1) is 7.11 Å². The molecule has 1 heterocycles. The van der Waals surface area contributed by atoms with Gasteiger partial charge in [-0.15, -0.1) is 0 Å². The van der Waals surface area contributed by atoms with Gasteiger partial charge in [-0.25, -0.2) is 0 Å². The van der Waals surface area contributed by atoms with Crippen molar-refractivity contribution in [3.05, 3.63) is 29.8 Å². The first-order chi connectivity index (χ1) is 9.17. The van der Waals surface area contributed by atoms with E-state index in [1.54, 1.807) is 14.0 Å². The van der Waals surface area contributed by atoms with Gasteiger partial charge in [0.2, 0.25) is 5.91 Å². The molecule has 4 heteroatoms. The van der Waals surface area contributed by atoms with Gasteiger partial charge >= 0.3 is 0 Å². The average Bonchev–Trinajstić information content (AvgIpc) is 2.83. The predicted octanol–water partition coefficient (Wildman–Crippen LogP) is 1.75. The van der Waals surface area contributed by atoms with Crippen molar-refractivity contribution < 1.29 is 9.53 Å². The number of likely N-dealkylation sites (tertiary alicyclic amines) is 1. The molecule has 104 valence electrons. The Morgan fingerprint density at radius 2 is 2.32 bits per heavy atom. The van der Waals surface area contributed by atoms with Gasteiger partial charge in [0.15, 0.2) is 0 Å². The normalized spacial score (nSPS) is 22.6. The van der Waals surface area contributed by atoms with Crippen LogP contribution in [0.2, 0.25) is 0 Å². The van der Waals surface area contributed by atoms with Crippen molar-refractivity contribution in [1.29, 1.82) is 0 Å². The number of carbonyl (C=O) groups excluding carboxylic acids is 1. The highest BCUT2D eigenvalue weighted by Crippen LogP contribution is 2.36. The third-order valence-corrected chi connectivity index (χ3v) is 3.93. The van der Waals surface area contributed by atoms with E-state index in [4.69, 9.17) is 10.5 Å². The molecule has 0 aromatic heterocycles. The highest BCUT2D eigenvalue weighted by atomic mass is 16.5. The maximum Gasteiger partial charge on any atom is 0.219 e. The summed E-state index contributed by atoms with van der Waals surface area (Å²) in [6.07, 6.45) is 1.85. The molecular weight excluding hydrogens is 240 g/mol. The van der Waals surface area contributed by atoms with Gasteiger partial charge in [0, 0.05) is 25.4 Å². The van der Waals surface area contributed by atoms with Crippen LogP contribution in [0.5, 0.6) is 5.75 Å². The van der Waals surface area contributed by atoms with Gasteiger partial charge in [0.25, 0.3) is 0 Å². The lowest BCUT2D eigenvalue weighted by molar-refractivity contribution is -0.129. The lowest BCUT2D eigenvalue weighted by atomic mass is 9.90. The molecule has 1 aliphatic heterocycles. The Morgan fingerprint density at radius 1 is 1.53 bits per heavy atom. The molecule has 2 rings (SSSR count). The monoisotopic (exact) mass is 262 g/mol. The van der Waals surface area contributed by atoms with Crippen molar-refractivity contribution in [3.63, 3.8) is 0 Å². The SMILES string of the molecule is COc1cccc(C2CCN(C(C)=O)C2CCN)c1. The minimum absolute atomic E-state index is 0.142. The van der Waals surface area contributed by atoms with Crippen molar-refractivity contribution in [2.24, 2.45) is 5.73 Å². The fourth-order valence-electron chi connectivity index (χ4n) is 3.03. The third-order valence-electron chi connectivity index (χ3n) is 3.93. The van der Waals surface area contributed by atoms with Gasteiger partial charge in [-0.2, -0.15) is 0 Å². The van der Waals surface area contributed by atoms with E-state index < -0.39 is 0 Å². The van der Waals surface area contributed by atoms with Crippen LogP contribution in [-0.2, 0) is 4.79 Å². The Morgan fingerprint density at radius 3 is 2.95 bits per heavy atom. The van der Waals surface area contributed by atoms with Crippen molar-refractivity contribution in [2.45, 2.75) is 31.7 Å². The zero-order chi connectivity index (χ0) is 13.8. The fraction of sp³-hybridized carbons (Fsp3) is 0.533. The lowest BCUT2D eigenvalue weighted by Gasteiger charge is -2.27. The molecule has 2 N–H and O–H groups in total. The standard InChI is InChI=1S/C15H22N2O2/c1-11(18)17-9-7-14(15(17)6-8-16)12-4-3-5-13(10-12)19-2/h3-5,10,14-15H,6-9,16H2,1-2H3. The molecule has 1 fully saturated rings. The van der Waals surface area contributed by atoms with Crippen LogP contribution in [0.15, 0.2) is 24.3 Å². The molecule has 1 aromatic rings. The molecule has 1 amide bonds. The quantitative estimate of drug-likeness (QED) is 0.899. The van der Waals surface area contributed by atoms with Gasteiger partial charge in [-0.05, 0) is 37.1 Å². The molecular formula is C15H22N2O2. The van der Waals surface area contributed by atoms with Crippen molar-refractivity contribution >= 4 is 5.91 Å². The summed E-state index contributed by atoms with van der Waals surface area (Å²) in [5.41, 5.74) is 6.94. The van der Waals surface area contributed by atoms with Crippen LogP contribution in [0.3, 0.4) is 0 Å². The Hall–Kier alpha value is -1.55. The molecule has 0 spiro atoms. The van der Waals surface area contributed by atoms with Gasteiger partial charge in [-0.3, -0.25) is 4.79 Å². The van der Waals surface area contributed by atoms with E-state index in [-0.39, 0.29) is 11.9 Å². The number of hydrogen-bond donors (Lipinski definition) is 1. The topological polar surface area (TPSA) is 55.6 Å². The molecule has 4 nitrogen and oxygen atoms in total. The summed E-state index contributed by atoms with van der Waals surface area (Å²) in [7, 11) is 1.67. The van der Waals surface area contributed by atoms with E-state index in [0.717, 1.165) is 25.1 Å². The average molecular weight is 262 g/mol. The Bertz CT molecular complexity index is 448. The fourth-order valence-corrected chi connectivity index (χ4v) is 3.03. The summed E-state index contributed by atoms with van der Waals surface area (Å²) in [6.45, 7) is 3.06. The molecule has 1 aliphatic rings.